The van der Waals surface area contributed by atoms with Crippen molar-refractivity contribution in [3.8, 4) is 11.1 Å². The van der Waals surface area contributed by atoms with Crippen molar-refractivity contribution in [3.05, 3.63) is 96.1 Å². The van der Waals surface area contributed by atoms with Gasteiger partial charge in [-0.2, -0.15) is 0 Å². The van der Waals surface area contributed by atoms with Crippen LogP contribution in [0, 0.1) is 5.92 Å². The van der Waals surface area contributed by atoms with E-state index in [1.54, 1.807) is 0 Å². The van der Waals surface area contributed by atoms with Crippen LogP contribution in [0.1, 0.15) is 15.9 Å². The molecule has 0 fully saturated rings. The predicted octanol–water partition coefficient (Wildman–Crippen LogP) is 5.38. The first-order valence-corrected chi connectivity index (χ1v) is 9.02. The maximum absolute atomic E-state index is 13.5. The number of carbonyl (C=O) groups is 1. The van der Waals surface area contributed by atoms with E-state index in [-0.39, 0.29) is 24.1 Å². The molecule has 2 nitrogen and oxygen atoms in total. The Labute approximate surface area is 168 Å². The van der Waals surface area contributed by atoms with Gasteiger partial charge in [0.2, 0.25) is 0 Å². The molecule has 3 rings (SSSR count). The van der Waals surface area contributed by atoms with Crippen molar-refractivity contribution in [1.29, 1.82) is 0 Å². The van der Waals surface area contributed by atoms with Gasteiger partial charge in [-0.25, -0.2) is 0 Å². The molecule has 0 aliphatic carbocycles. The number of rotatable bonds is 7. The van der Waals surface area contributed by atoms with E-state index < -0.39 is 0 Å². The fourth-order valence-corrected chi connectivity index (χ4v) is 3.37. The van der Waals surface area contributed by atoms with Crippen molar-refractivity contribution >= 4 is 18.2 Å². The molecule has 1 atom stereocenters. The predicted molar refractivity (Wildman–Crippen MR) is 116 cm³/mol. The second-order valence-electron chi connectivity index (χ2n) is 6.92. The quantitative estimate of drug-likeness (QED) is 0.514. The van der Waals surface area contributed by atoms with Crippen LogP contribution >= 0.6 is 12.4 Å². The molecule has 0 radical (unpaired) electrons. The normalized spacial score (nSPS) is 11.7. The Morgan fingerprint density at radius 1 is 0.815 bits per heavy atom. The van der Waals surface area contributed by atoms with Crippen LogP contribution in [0.2, 0.25) is 0 Å². The highest BCUT2D eigenvalue weighted by atomic mass is 35.5. The SMILES string of the molecule is CN(C)CC(Cc1ccccc1)C(=O)c1ccccc1-c1ccccc1.Cl. The lowest BCUT2D eigenvalue weighted by atomic mass is 9.87. The molecule has 0 heterocycles. The van der Waals surface area contributed by atoms with Gasteiger partial charge in [-0.3, -0.25) is 4.79 Å². The van der Waals surface area contributed by atoms with Crippen molar-refractivity contribution in [3.63, 3.8) is 0 Å². The Hall–Kier alpha value is -2.42. The van der Waals surface area contributed by atoms with E-state index in [4.69, 9.17) is 0 Å². The molecule has 140 valence electrons. The van der Waals surface area contributed by atoms with E-state index in [1.807, 2.05) is 74.8 Å². The number of hydrogen-bond donors (Lipinski definition) is 0. The first kappa shape index (κ1) is 20.9. The third kappa shape index (κ3) is 5.53. The van der Waals surface area contributed by atoms with Crippen LogP contribution in [0.4, 0.5) is 0 Å². The summed E-state index contributed by atoms with van der Waals surface area (Å²) in [5.74, 6) is 0.138. The van der Waals surface area contributed by atoms with Crippen LogP contribution in [0.15, 0.2) is 84.9 Å². The number of carbonyl (C=O) groups excluding carboxylic acids is 1. The number of ketones is 1. The number of hydrogen-bond acceptors (Lipinski definition) is 2. The fraction of sp³-hybridized carbons (Fsp3) is 0.208. The van der Waals surface area contributed by atoms with Crippen molar-refractivity contribution in [2.75, 3.05) is 20.6 Å². The van der Waals surface area contributed by atoms with Crippen LogP contribution in [-0.4, -0.2) is 31.3 Å². The minimum absolute atomic E-state index is 0. The van der Waals surface area contributed by atoms with Gasteiger partial charge >= 0.3 is 0 Å². The zero-order valence-corrected chi connectivity index (χ0v) is 16.7. The van der Waals surface area contributed by atoms with Crippen LogP contribution in [0.3, 0.4) is 0 Å². The van der Waals surface area contributed by atoms with Crippen LogP contribution < -0.4 is 0 Å². The fourth-order valence-electron chi connectivity index (χ4n) is 3.37. The van der Waals surface area contributed by atoms with Gasteiger partial charge in [-0.1, -0.05) is 84.9 Å². The van der Waals surface area contributed by atoms with E-state index >= 15 is 0 Å². The topological polar surface area (TPSA) is 20.3 Å². The Morgan fingerprint density at radius 2 is 1.37 bits per heavy atom. The molecule has 0 saturated carbocycles. The van der Waals surface area contributed by atoms with E-state index in [1.165, 1.54) is 5.56 Å². The highest BCUT2D eigenvalue weighted by Gasteiger charge is 2.23. The van der Waals surface area contributed by atoms with Gasteiger partial charge in [0.25, 0.3) is 0 Å². The highest BCUT2D eigenvalue weighted by Crippen LogP contribution is 2.27. The zero-order valence-electron chi connectivity index (χ0n) is 15.8. The summed E-state index contributed by atoms with van der Waals surface area (Å²) in [5, 5.41) is 0. The standard InChI is InChI=1S/C24H25NO.ClH/c1-25(2)18-21(17-19-11-5-3-6-12-19)24(26)23-16-10-9-15-22(23)20-13-7-4-8-14-20;/h3-16,21H,17-18H2,1-2H3;1H. The molecule has 0 amide bonds. The van der Waals surface area contributed by atoms with Gasteiger partial charge in [-0.15, -0.1) is 12.4 Å². The molecule has 1 unspecified atom stereocenters. The third-order valence-electron chi connectivity index (χ3n) is 4.56. The molecule has 0 aliphatic heterocycles. The number of halogens is 1. The Balaban J connectivity index is 0.00000261. The lowest BCUT2D eigenvalue weighted by molar-refractivity contribution is 0.0897. The molecule has 3 aromatic rings. The van der Waals surface area contributed by atoms with Crippen LogP contribution in [0.5, 0.6) is 0 Å². The smallest absolute Gasteiger partial charge is 0.168 e. The van der Waals surface area contributed by atoms with E-state index in [9.17, 15) is 4.79 Å². The second kappa shape index (κ2) is 10.1. The van der Waals surface area contributed by atoms with Gasteiger partial charge < -0.3 is 4.90 Å². The Morgan fingerprint density at radius 3 is 2.00 bits per heavy atom. The van der Waals surface area contributed by atoms with E-state index in [0.29, 0.717) is 0 Å². The van der Waals surface area contributed by atoms with Crippen molar-refractivity contribution in [2.45, 2.75) is 6.42 Å². The number of nitrogens with zero attached hydrogens (tertiary/aromatic N) is 1. The summed E-state index contributed by atoms with van der Waals surface area (Å²) in [6, 6.07) is 28.4. The average molecular weight is 380 g/mol. The maximum atomic E-state index is 13.5. The second-order valence-corrected chi connectivity index (χ2v) is 6.92. The van der Waals surface area contributed by atoms with Crippen LogP contribution in [-0.2, 0) is 6.42 Å². The van der Waals surface area contributed by atoms with Gasteiger partial charge in [-0.05, 0) is 37.2 Å². The molecular formula is C24H26ClNO. The maximum Gasteiger partial charge on any atom is 0.168 e. The number of Topliss-reactive ketones (excluding diaryl/α,β-unsaturated/α-hetero) is 1. The molecule has 3 heteroatoms. The van der Waals surface area contributed by atoms with Crippen molar-refractivity contribution < 1.29 is 4.79 Å². The van der Waals surface area contributed by atoms with Gasteiger partial charge in [0.1, 0.15) is 0 Å². The van der Waals surface area contributed by atoms with Gasteiger partial charge in [0.05, 0.1) is 0 Å². The largest absolute Gasteiger partial charge is 0.309 e. The number of benzene rings is 3. The molecule has 0 spiro atoms. The molecule has 0 saturated heterocycles. The molecule has 3 aromatic carbocycles. The molecule has 0 aromatic heterocycles. The Kier molecular flexibility index (Phi) is 7.78. The molecule has 0 N–H and O–H groups in total. The minimum atomic E-state index is -0.0720. The lowest BCUT2D eigenvalue weighted by Crippen LogP contribution is -2.30. The summed E-state index contributed by atoms with van der Waals surface area (Å²) in [6.07, 6.45) is 0.751. The molecular weight excluding hydrogens is 354 g/mol. The first-order chi connectivity index (χ1) is 12.6. The first-order valence-electron chi connectivity index (χ1n) is 9.02. The monoisotopic (exact) mass is 379 g/mol. The average Bonchev–Trinajstić information content (AvgIpc) is 2.68. The summed E-state index contributed by atoms with van der Waals surface area (Å²) < 4.78 is 0. The highest BCUT2D eigenvalue weighted by molar-refractivity contribution is 6.04. The summed E-state index contributed by atoms with van der Waals surface area (Å²) >= 11 is 0. The van der Waals surface area contributed by atoms with Gasteiger partial charge in [0.15, 0.2) is 5.78 Å². The van der Waals surface area contributed by atoms with Gasteiger partial charge in [0, 0.05) is 18.0 Å². The summed E-state index contributed by atoms with van der Waals surface area (Å²) in [5.41, 5.74) is 4.10. The summed E-state index contributed by atoms with van der Waals surface area (Å²) in [7, 11) is 4.04. The molecule has 0 bridgehead atoms. The van der Waals surface area contributed by atoms with Crippen LogP contribution in [0.25, 0.3) is 11.1 Å². The lowest BCUT2D eigenvalue weighted by Gasteiger charge is -2.21. The van der Waals surface area contributed by atoms with E-state index in [2.05, 4.69) is 29.2 Å². The van der Waals surface area contributed by atoms with Crippen molar-refractivity contribution in [2.24, 2.45) is 5.92 Å². The molecule has 27 heavy (non-hydrogen) atoms. The summed E-state index contributed by atoms with van der Waals surface area (Å²) in [4.78, 5) is 15.5. The van der Waals surface area contributed by atoms with E-state index in [0.717, 1.165) is 29.7 Å². The Bertz CT molecular complexity index is 847. The zero-order chi connectivity index (χ0) is 18.4. The molecule has 0 aliphatic rings. The van der Waals surface area contributed by atoms with Crippen molar-refractivity contribution in [1.82, 2.24) is 4.90 Å². The minimum Gasteiger partial charge on any atom is -0.309 e. The summed E-state index contributed by atoms with van der Waals surface area (Å²) in [6.45, 7) is 0.733. The third-order valence-corrected chi connectivity index (χ3v) is 4.56.